The summed E-state index contributed by atoms with van der Waals surface area (Å²) in [7, 11) is 0. The molecule has 0 atom stereocenters. The largest absolute Gasteiger partial charge is 0.459 e. The third-order valence-corrected chi connectivity index (χ3v) is 6.86. The normalized spacial score (nSPS) is 17.1. The van der Waals surface area contributed by atoms with Crippen LogP contribution in [0, 0.1) is 11.2 Å². The second-order valence-electron chi connectivity index (χ2n) is 9.54. The van der Waals surface area contributed by atoms with E-state index in [1.165, 1.54) is 28.3 Å². The first-order valence-electron chi connectivity index (χ1n) is 10.5. The maximum absolute atomic E-state index is 13.6. The number of rotatable bonds is 5. The van der Waals surface area contributed by atoms with E-state index in [4.69, 9.17) is 16.3 Å². The molecule has 0 amide bonds. The molecule has 0 aliphatic carbocycles. The van der Waals surface area contributed by atoms with E-state index in [1.807, 2.05) is 20.8 Å². The third kappa shape index (κ3) is 4.51. The molecule has 0 N–H and O–H groups in total. The fourth-order valence-corrected chi connectivity index (χ4v) is 5.25. The molecule has 1 aromatic carbocycles. The van der Waals surface area contributed by atoms with Gasteiger partial charge in [0.05, 0.1) is 21.8 Å². The van der Waals surface area contributed by atoms with Gasteiger partial charge >= 0.3 is 5.97 Å². The number of nitrogens with zero attached hydrogens (tertiary/aromatic N) is 7. The van der Waals surface area contributed by atoms with Crippen LogP contribution in [0.2, 0.25) is 5.02 Å². The number of ether oxygens (including phenoxy) is 1. The van der Waals surface area contributed by atoms with Crippen molar-refractivity contribution in [1.29, 1.82) is 0 Å². The van der Waals surface area contributed by atoms with E-state index in [1.54, 1.807) is 12.3 Å². The maximum Gasteiger partial charge on any atom is 0.330 e. The SMILES string of the molecule is CC(C)(C)OC(=O)Cn1nnc(-c2cnc(N3CC4(C3)CN(c3cc(F)ccc3Cl)C4)s2)n1. The predicted octanol–water partition coefficient (Wildman–Crippen LogP) is 3.26. The van der Waals surface area contributed by atoms with E-state index in [0.29, 0.717) is 10.8 Å². The summed E-state index contributed by atoms with van der Waals surface area (Å²) >= 11 is 7.71. The van der Waals surface area contributed by atoms with E-state index in [-0.39, 0.29) is 17.8 Å². The van der Waals surface area contributed by atoms with Gasteiger partial charge in [-0.05, 0) is 44.2 Å². The molecule has 9 nitrogen and oxygen atoms in total. The number of carbonyl (C=O) groups excluding carboxylic acids is 1. The molecule has 0 bridgehead atoms. The van der Waals surface area contributed by atoms with Gasteiger partial charge in [0.15, 0.2) is 11.7 Å². The number of carbonyl (C=O) groups is 1. The second kappa shape index (κ2) is 7.91. The minimum absolute atomic E-state index is 0.101. The molecule has 0 radical (unpaired) electrons. The molecule has 0 saturated carbocycles. The summed E-state index contributed by atoms with van der Waals surface area (Å²) in [6.45, 7) is 8.75. The van der Waals surface area contributed by atoms with Crippen LogP contribution in [0.1, 0.15) is 20.8 Å². The number of benzene rings is 1. The number of hydrogen-bond donors (Lipinski definition) is 0. The summed E-state index contributed by atoms with van der Waals surface area (Å²) in [6, 6.07) is 4.46. The lowest BCUT2D eigenvalue weighted by atomic mass is 9.73. The Morgan fingerprint density at radius 2 is 1.97 bits per heavy atom. The minimum atomic E-state index is -0.567. The molecule has 2 aromatic heterocycles. The monoisotopic (exact) mass is 491 g/mol. The average molecular weight is 492 g/mol. The molecule has 33 heavy (non-hydrogen) atoms. The van der Waals surface area contributed by atoms with Crippen molar-refractivity contribution in [2.75, 3.05) is 36.0 Å². The van der Waals surface area contributed by atoms with Gasteiger partial charge in [0.1, 0.15) is 11.4 Å². The van der Waals surface area contributed by atoms with Gasteiger partial charge in [0.2, 0.25) is 5.82 Å². The van der Waals surface area contributed by atoms with Gasteiger partial charge in [-0.3, -0.25) is 0 Å². The summed E-state index contributed by atoms with van der Waals surface area (Å²) < 4.78 is 18.9. The number of halogens is 2. The van der Waals surface area contributed by atoms with Gasteiger partial charge in [-0.25, -0.2) is 14.2 Å². The van der Waals surface area contributed by atoms with Crippen LogP contribution < -0.4 is 9.80 Å². The van der Waals surface area contributed by atoms with Gasteiger partial charge in [-0.1, -0.05) is 22.9 Å². The van der Waals surface area contributed by atoms with Crippen molar-refractivity contribution in [3.63, 3.8) is 0 Å². The fourth-order valence-electron chi connectivity index (χ4n) is 4.17. The first-order chi connectivity index (χ1) is 15.6. The van der Waals surface area contributed by atoms with Crippen LogP contribution in [0.4, 0.5) is 15.2 Å². The Kier molecular flexibility index (Phi) is 5.28. The molecule has 2 aliphatic rings. The fraction of sp³-hybridized carbons (Fsp3) is 0.476. The number of esters is 1. The summed E-state index contributed by atoms with van der Waals surface area (Å²) in [5, 5.41) is 13.7. The van der Waals surface area contributed by atoms with E-state index < -0.39 is 11.6 Å². The van der Waals surface area contributed by atoms with E-state index >= 15 is 0 Å². The van der Waals surface area contributed by atoms with E-state index in [2.05, 4.69) is 30.2 Å². The predicted molar refractivity (Wildman–Crippen MR) is 123 cm³/mol. The highest BCUT2D eigenvalue weighted by atomic mass is 35.5. The lowest BCUT2D eigenvalue weighted by Gasteiger charge is -2.61. The molecule has 174 valence electrons. The van der Waals surface area contributed by atoms with Gasteiger partial charge in [-0.2, -0.15) is 4.80 Å². The number of anilines is 2. The number of hydrogen-bond acceptors (Lipinski definition) is 9. The Balaban J connectivity index is 1.17. The number of aromatic nitrogens is 5. The Bertz CT molecular complexity index is 1190. The topological polar surface area (TPSA) is 89.3 Å². The second-order valence-corrected chi connectivity index (χ2v) is 11.0. The van der Waals surface area contributed by atoms with Crippen molar-refractivity contribution >= 4 is 39.7 Å². The molecule has 4 heterocycles. The Hall–Kier alpha value is -2.79. The molecule has 1 spiro atoms. The van der Waals surface area contributed by atoms with Gasteiger partial charge in [0.25, 0.3) is 0 Å². The van der Waals surface area contributed by atoms with Crippen LogP contribution in [-0.2, 0) is 16.1 Å². The summed E-state index contributed by atoms with van der Waals surface area (Å²) in [5.41, 5.74) is 0.358. The zero-order chi connectivity index (χ0) is 23.4. The standard InChI is InChI=1S/C21H23ClFN7O2S/c1-20(2,3)32-17(31)8-30-26-18(25-27-30)16-7-24-19(33-16)29-11-21(12-29)9-28(10-21)15-6-13(23)4-5-14(15)22/h4-7H,8-12H2,1-3H3. The number of thiazole rings is 1. The molecule has 5 rings (SSSR count). The Labute approximate surface area is 199 Å². The van der Waals surface area contributed by atoms with Crippen LogP contribution in [0.3, 0.4) is 0 Å². The van der Waals surface area contributed by atoms with Gasteiger partial charge in [-0.15, -0.1) is 10.2 Å². The van der Waals surface area contributed by atoms with Crippen LogP contribution in [-0.4, -0.2) is 62.9 Å². The van der Waals surface area contributed by atoms with E-state index in [0.717, 1.165) is 41.9 Å². The van der Waals surface area contributed by atoms with Crippen LogP contribution in [0.25, 0.3) is 10.7 Å². The molecule has 12 heteroatoms. The van der Waals surface area contributed by atoms with Crippen LogP contribution >= 0.6 is 22.9 Å². The molecule has 2 aliphatic heterocycles. The molecular formula is C21H23ClFN7O2S. The van der Waals surface area contributed by atoms with E-state index in [9.17, 15) is 9.18 Å². The van der Waals surface area contributed by atoms with Crippen molar-refractivity contribution in [1.82, 2.24) is 25.2 Å². The average Bonchev–Trinajstić information content (AvgIpc) is 3.30. The lowest BCUT2D eigenvalue weighted by molar-refractivity contribution is -0.156. The van der Waals surface area contributed by atoms with Gasteiger partial charge < -0.3 is 14.5 Å². The minimum Gasteiger partial charge on any atom is -0.459 e. The van der Waals surface area contributed by atoms with Crippen LogP contribution in [0.15, 0.2) is 24.4 Å². The summed E-state index contributed by atoms with van der Waals surface area (Å²) in [5.74, 6) is -0.276. The zero-order valence-electron chi connectivity index (χ0n) is 18.5. The summed E-state index contributed by atoms with van der Waals surface area (Å²) in [6.07, 6.45) is 1.72. The molecule has 0 unspecified atom stereocenters. The third-order valence-electron chi connectivity index (χ3n) is 5.48. The highest BCUT2D eigenvalue weighted by Crippen LogP contribution is 2.46. The first kappa shape index (κ1) is 22.0. The Morgan fingerprint density at radius 3 is 2.70 bits per heavy atom. The molecular weight excluding hydrogens is 469 g/mol. The number of tetrazole rings is 1. The maximum atomic E-state index is 13.6. The molecule has 2 saturated heterocycles. The molecule has 2 fully saturated rings. The first-order valence-corrected chi connectivity index (χ1v) is 11.7. The van der Waals surface area contributed by atoms with Crippen LogP contribution in [0.5, 0.6) is 0 Å². The van der Waals surface area contributed by atoms with Crippen molar-refractivity contribution < 1.29 is 13.9 Å². The highest BCUT2D eigenvalue weighted by Gasteiger charge is 2.52. The quantitative estimate of drug-likeness (QED) is 0.502. The van der Waals surface area contributed by atoms with Crippen molar-refractivity contribution in [2.24, 2.45) is 5.41 Å². The van der Waals surface area contributed by atoms with Crippen molar-refractivity contribution in [3.05, 3.63) is 35.2 Å². The molecule has 3 aromatic rings. The summed E-state index contributed by atoms with van der Waals surface area (Å²) in [4.78, 5) is 22.8. The smallest absolute Gasteiger partial charge is 0.330 e. The lowest BCUT2D eigenvalue weighted by Crippen LogP contribution is -2.72. The van der Waals surface area contributed by atoms with Crippen molar-refractivity contribution in [2.45, 2.75) is 32.9 Å². The van der Waals surface area contributed by atoms with Gasteiger partial charge in [0, 0.05) is 31.6 Å². The zero-order valence-corrected chi connectivity index (χ0v) is 20.0. The highest BCUT2D eigenvalue weighted by molar-refractivity contribution is 7.18. The van der Waals surface area contributed by atoms with Crippen molar-refractivity contribution in [3.8, 4) is 10.7 Å². The Morgan fingerprint density at radius 1 is 1.24 bits per heavy atom.